The highest BCUT2D eigenvalue weighted by Gasteiger charge is 2.09. The summed E-state index contributed by atoms with van der Waals surface area (Å²) in [5.74, 6) is 0. The summed E-state index contributed by atoms with van der Waals surface area (Å²) in [5, 5.41) is 0.192. The van der Waals surface area contributed by atoms with Gasteiger partial charge in [0.1, 0.15) is 0 Å². The van der Waals surface area contributed by atoms with E-state index < -0.39 is 0 Å². The van der Waals surface area contributed by atoms with E-state index in [9.17, 15) is 0 Å². The fourth-order valence-corrected chi connectivity index (χ4v) is 3.08. The molecule has 0 saturated carbocycles. The van der Waals surface area contributed by atoms with Crippen molar-refractivity contribution in [2.24, 2.45) is 0 Å². The zero-order valence-electron chi connectivity index (χ0n) is 13.6. The zero-order valence-corrected chi connectivity index (χ0v) is 14.3. The predicted molar refractivity (Wildman–Crippen MR) is 91.8 cm³/mol. The van der Waals surface area contributed by atoms with Gasteiger partial charge < -0.3 is 0 Å². The number of benzene rings is 1. The van der Waals surface area contributed by atoms with E-state index in [0.29, 0.717) is 0 Å². The molecule has 1 aromatic carbocycles. The Kier molecular flexibility index (Phi) is 9.02. The van der Waals surface area contributed by atoms with Crippen molar-refractivity contribution in [1.29, 1.82) is 0 Å². The molecule has 0 radical (unpaired) electrons. The lowest BCUT2D eigenvalue weighted by Gasteiger charge is -2.13. The molecule has 1 atom stereocenters. The normalized spacial score (nSPS) is 12.6. The minimum Gasteiger partial charge on any atom is -0.118 e. The third-order valence-corrected chi connectivity index (χ3v) is 4.64. The average Bonchev–Trinajstić information content (AvgIpc) is 2.49. The fourth-order valence-electron chi connectivity index (χ4n) is 2.79. The van der Waals surface area contributed by atoms with Gasteiger partial charge in [-0.1, -0.05) is 77.5 Å². The Morgan fingerprint density at radius 1 is 0.850 bits per heavy atom. The maximum atomic E-state index is 6.57. The van der Waals surface area contributed by atoms with Crippen molar-refractivity contribution in [3.05, 3.63) is 34.9 Å². The Hall–Kier alpha value is -0.490. The standard InChI is InChI=1S/C19H31Cl/c1-4-7-8-9-10-11-12-19(20)18-14-13-16(5-2)17(6-3)15-18/h13-15,19H,4-12H2,1-3H3. The SMILES string of the molecule is CCCCCCCCC(Cl)c1ccc(CC)c(CC)c1. The van der Waals surface area contributed by atoms with Gasteiger partial charge in [-0.05, 0) is 36.0 Å². The molecule has 20 heavy (non-hydrogen) atoms. The fraction of sp³-hybridized carbons (Fsp3) is 0.684. The molecule has 0 aliphatic heterocycles. The van der Waals surface area contributed by atoms with Crippen molar-refractivity contribution in [2.75, 3.05) is 0 Å². The van der Waals surface area contributed by atoms with E-state index in [2.05, 4.69) is 39.0 Å². The maximum absolute atomic E-state index is 6.57. The molecule has 0 spiro atoms. The van der Waals surface area contributed by atoms with Gasteiger partial charge >= 0.3 is 0 Å². The van der Waals surface area contributed by atoms with E-state index in [1.807, 2.05) is 0 Å². The van der Waals surface area contributed by atoms with Gasteiger partial charge in [0.2, 0.25) is 0 Å². The Morgan fingerprint density at radius 3 is 2.15 bits per heavy atom. The molecule has 0 saturated heterocycles. The van der Waals surface area contributed by atoms with E-state index in [-0.39, 0.29) is 5.38 Å². The minimum atomic E-state index is 0.192. The van der Waals surface area contributed by atoms with Gasteiger partial charge in [0, 0.05) is 0 Å². The first-order chi connectivity index (χ1) is 9.72. The number of rotatable bonds is 10. The third kappa shape index (κ3) is 5.87. The van der Waals surface area contributed by atoms with E-state index in [1.165, 1.54) is 55.2 Å². The van der Waals surface area contributed by atoms with Gasteiger partial charge in [0.05, 0.1) is 5.38 Å². The lowest BCUT2D eigenvalue weighted by molar-refractivity contribution is 0.584. The monoisotopic (exact) mass is 294 g/mol. The van der Waals surface area contributed by atoms with Crippen molar-refractivity contribution < 1.29 is 0 Å². The quantitative estimate of drug-likeness (QED) is 0.327. The third-order valence-electron chi connectivity index (χ3n) is 4.16. The van der Waals surface area contributed by atoms with Crippen LogP contribution in [0.1, 0.15) is 87.8 Å². The van der Waals surface area contributed by atoms with E-state index in [0.717, 1.165) is 19.3 Å². The molecule has 0 nitrogen and oxygen atoms in total. The topological polar surface area (TPSA) is 0 Å². The van der Waals surface area contributed by atoms with Crippen LogP contribution in [0.15, 0.2) is 18.2 Å². The summed E-state index contributed by atoms with van der Waals surface area (Å²) < 4.78 is 0. The molecule has 1 heteroatoms. The number of halogens is 1. The van der Waals surface area contributed by atoms with Crippen molar-refractivity contribution >= 4 is 11.6 Å². The molecule has 0 heterocycles. The highest BCUT2D eigenvalue weighted by Crippen LogP contribution is 2.28. The first-order valence-electron chi connectivity index (χ1n) is 8.48. The summed E-state index contributed by atoms with van der Waals surface area (Å²) in [6, 6.07) is 6.82. The molecule has 0 N–H and O–H groups in total. The smallest absolute Gasteiger partial charge is 0.0585 e. The van der Waals surface area contributed by atoms with Gasteiger partial charge in [0.15, 0.2) is 0 Å². The summed E-state index contributed by atoms with van der Waals surface area (Å²) in [5.41, 5.74) is 4.26. The molecule has 0 amide bonds. The number of aryl methyl sites for hydroxylation is 2. The van der Waals surface area contributed by atoms with Crippen LogP contribution in [0.2, 0.25) is 0 Å². The summed E-state index contributed by atoms with van der Waals surface area (Å²) in [7, 11) is 0. The molecule has 0 aliphatic rings. The number of hydrogen-bond acceptors (Lipinski definition) is 0. The van der Waals surface area contributed by atoms with Crippen molar-refractivity contribution in [3.8, 4) is 0 Å². The second-order valence-electron chi connectivity index (χ2n) is 5.76. The lowest BCUT2D eigenvalue weighted by atomic mass is 9.97. The van der Waals surface area contributed by atoms with Gasteiger partial charge in [-0.3, -0.25) is 0 Å². The van der Waals surface area contributed by atoms with Gasteiger partial charge in [-0.25, -0.2) is 0 Å². The highest BCUT2D eigenvalue weighted by atomic mass is 35.5. The Balaban J connectivity index is 2.41. The van der Waals surface area contributed by atoms with Crippen LogP contribution in [0.25, 0.3) is 0 Å². The summed E-state index contributed by atoms with van der Waals surface area (Å²) in [6.07, 6.45) is 11.4. The second kappa shape index (κ2) is 10.3. The van der Waals surface area contributed by atoms with E-state index in [4.69, 9.17) is 11.6 Å². The Labute approximate surface area is 130 Å². The van der Waals surface area contributed by atoms with Gasteiger partial charge in [0.25, 0.3) is 0 Å². The molecule has 1 rings (SSSR count). The Morgan fingerprint density at radius 2 is 1.50 bits per heavy atom. The summed E-state index contributed by atoms with van der Waals surface area (Å²) in [6.45, 7) is 6.72. The van der Waals surface area contributed by atoms with E-state index >= 15 is 0 Å². The van der Waals surface area contributed by atoms with Crippen LogP contribution in [-0.2, 0) is 12.8 Å². The van der Waals surface area contributed by atoms with Gasteiger partial charge in [-0.2, -0.15) is 0 Å². The van der Waals surface area contributed by atoms with Crippen LogP contribution < -0.4 is 0 Å². The van der Waals surface area contributed by atoms with Crippen LogP contribution in [0.5, 0.6) is 0 Å². The molecule has 1 aromatic rings. The minimum absolute atomic E-state index is 0.192. The molecule has 1 unspecified atom stereocenters. The predicted octanol–water partition coefficient (Wildman–Crippen LogP) is 6.84. The Bertz CT molecular complexity index is 370. The molecule has 0 fully saturated rings. The van der Waals surface area contributed by atoms with Crippen molar-refractivity contribution in [2.45, 2.75) is 83.9 Å². The number of unbranched alkanes of at least 4 members (excludes halogenated alkanes) is 5. The summed E-state index contributed by atoms with van der Waals surface area (Å²) in [4.78, 5) is 0. The van der Waals surface area contributed by atoms with Crippen LogP contribution >= 0.6 is 11.6 Å². The van der Waals surface area contributed by atoms with E-state index in [1.54, 1.807) is 0 Å². The van der Waals surface area contributed by atoms with Crippen molar-refractivity contribution in [1.82, 2.24) is 0 Å². The maximum Gasteiger partial charge on any atom is 0.0585 e. The first-order valence-corrected chi connectivity index (χ1v) is 8.92. The summed E-state index contributed by atoms with van der Waals surface area (Å²) >= 11 is 6.57. The van der Waals surface area contributed by atoms with Crippen molar-refractivity contribution in [3.63, 3.8) is 0 Å². The molecule has 0 bridgehead atoms. The van der Waals surface area contributed by atoms with Gasteiger partial charge in [-0.15, -0.1) is 11.6 Å². The van der Waals surface area contributed by atoms with Crippen LogP contribution in [0.4, 0.5) is 0 Å². The zero-order chi connectivity index (χ0) is 14.8. The second-order valence-corrected chi connectivity index (χ2v) is 6.29. The van der Waals surface area contributed by atoms with Crippen LogP contribution in [0.3, 0.4) is 0 Å². The lowest BCUT2D eigenvalue weighted by Crippen LogP contribution is -1.97. The molecule has 0 aliphatic carbocycles. The average molecular weight is 295 g/mol. The molecule has 114 valence electrons. The molecular formula is C19H31Cl. The first kappa shape index (κ1) is 17.6. The largest absolute Gasteiger partial charge is 0.118 e. The number of alkyl halides is 1. The van der Waals surface area contributed by atoms with Crippen LogP contribution in [0, 0.1) is 0 Å². The molecular weight excluding hydrogens is 264 g/mol. The molecule has 0 aromatic heterocycles. The highest BCUT2D eigenvalue weighted by molar-refractivity contribution is 6.20. The van der Waals surface area contributed by atoms with Crippen LogP contribution in [-0.4, -0.2) is 0 Å². The number of hydrogen-bond donors (Lipinski definition) is 0.